The summed E-state index contributed by atoms with van der Waals surface area (Å²) in [5, 5.41) is 19.4. The number of hydrogen-bond donors (Lipinski definition) is 2. The van der Waals surface area contributed by atoms with Crippen LogP contribution in [0.1, 0.15) is 62.4 Å². The van der Waals surface area contributed by atoms with E-state index in [1.54, 1.807) is 17.5 Å². The minimum Gasteiger partial charge on any atom is -0.479 e. The summed E-state index contributed by atoms with van der Waals surface area (Å²) in [5.74, 6) is -1.01. The molecule has 0 saturated carbocycles. The van der Waals surface area contributed by atoms with Gasteiger partial charge in [0.05, 0.1) is 17.3 Å². The van der Waals surface area contributed by atoms with E-state index in [1.165, 1.54) is 10.4 Å². The first-order chi connectivity index (χ1) is 15.1. The van der Waals surface area contributed by atoms with Crippen molar-refractivity contribution in [1.29, 1.82) is 0 Å². The largest absolute Gasteiger partial charge is 0.479 e. The summed E-state index contributed by atoms with van der Waals surface area (Å²) in [5.41, 5.74) is 4.70. The number of H-pyrrole nitrogens is 1. The molecule has 0 fully saturated rings. The van der Waals surface area contributed by atoms with E-state index in [-0.39, 0.29) is 0 Å². The van der Waals surface area contributed by atoms with Crippen molar-refractivity contribution in [2.75, 3.05) is 0 Å². The number of carboxylic acid groups (broad SMARTS) is 1. The second-order valence-electron chi connectivity index (χ2n) is 9.00. The quantitative estimate of drug-likeness (QED) is 0.364. The molecule has 0 aliphatic rings. The Morgan fingerprint density at radius 3 is 2.62 bits per heavy atom. The van der Waals surface area contributed by atoms with E-state index in [1.807, 2.05) is 39.8 Å². The molecule has 1 unspecified atom stereocenters. The second kappa shape index (κ2) is 8.30. The molecule has 1 atom stereocenters. The van der Waals surface area contributed by atoms with Crippen molar-refractivity contribution in [2.45, 2.75) is 66.1 Å². The number of carbonyl (C=O) groups is 1. The molecule has 0 spiro atoms. The first-order valence-corrected chi connectivity index (χ1v) is 11.7. The van der Waals surface area contributed by atoms with Gasteiger partial charge in [-0.3, -0.25) is 5.10 Å². The van der Waals surface area contributed by atoms with Crippen LogP contribution in [0.3, 0.4) is 0 Å². The topological polar surface area (TPSA) is 88.1 Å². The molecule has 168 valence electrons. The molecular weight excluding hydrogens is 422 g/mol. The van der Waals surface area contributed by atoms with E-state index in [2.05, 4.69) is 30.1 Å². The van der Waals surface area contributed by atoms with Crippen LogP contribution < -0.4 is 0 Å². The molecule has 32 heavy (non-hydrogen) atoms. The Bertz CT molecular complexity index is 1310. The lowest BCUT2D eigenvalue weighted by Gasteiger charge is -2.28. The van der Waals surface area contributed by atoms with Gasteiger partial charge in [-0.05, 0) is 63.8 Å². The van der Waals surface area contributed by atoms with Crippen LogP contribution in [0.15, 0.2) is 24.4 Å². The molecule has 0 saturated heterocycles. The van der Waals surface area contributed by atoms with Crippen LogP contribution in [-0.2, 0) is 22.4 Å². The minimum atomic E-state index is -1.13. The highest BCUT2D eigenvalue weighted by Crippen LogP contribution is 2.44. The Morgan fingerprint density at radius 1 is 1.25 bits per heavy atom. The van der Waals surface area contributed by atoms with Crippen molar-refractivity contribution in [3.8, 4) is 11.1 Å². The molecule has 3 heterocycles. The summed E-state index contributed by atoms with van der Waals surface area (Å²) >= 11 is 1.70. The zero-order valence-electron chi connectivity index (χ0n) is 19.4. The number of aliphatic carboxylic acids is 1. The number of ether oxygens (including phenoxy) is 1. The van der Waals surface area contributed by atoms with E-state index in [9.17, 15) is 9.90 Å². The van der Waals surface area contributed by atoms with Gasteiger partial charge in [0.1, 0.15) is 4.83 Å². The number of pyridine rings is 1. The predicted octanol–water partition coefficient (Wildman–Crippen LogP) is 6.21. The number of aromatic nitrogens is 3. The number of fused-ring (bicyclic) bond motifs is 2. The molecule has 3 aromatic heterocycles. The highest BCUT2D eigenvalue weighted by atomic mass is 32.1. The van der Waals surface area contributed by atoms with Crippen molar-refractivity contribution in [2.24, 2.45) is 0 Å². The lowest BCUT2D eigenvalue weighted by molar-refractivity contribution is -0.160. The fourth-order valence-electron chi connectivity index (χ4n) is 4.33. The summed E-state index contributed by atoms with van der Waals surface area (Å²) < 4.78 is 6.10. The summed E-state index contributed by atoms with van der Waals surface area (Å²) in [6, 6.07) is 6.08. The molecule has 1 aromatic carbocycles. The van der Waals surface area contributed by atoms with Gasteiger partial charge in [0.25, 0.3) is 0 Å². The van der Waals surface area contributed by atoms with E-state index in [0.29, 0.717) is 11.3 Å². The van der Waals surface area contributed by atoms with Crippen molar-refractivity contribution < 1.29 is 14.6 Å². The lowest BCUT2D eigenvalue weighted by Crippen LogP contribution is -2.28. The minimum absolute atomic E-state index is 0.623. The van der Waals surface area contributed by atoms with Crippen molar-refractivity contribution in [1.82, 2.24) is 15.2 Å². The molecule has 4 rings (SSSR count). The van der Waals surface area contributed by atoms with Crippen LogP contribution in [0.25, 0.3) is 32.2 Å². The van der Waals surface area contributed by atoms with Crippen molar-refractivity contribution in [3.05, 3.63) is 46.1 Å². The average molecular weight is 452 g/mol. The molecule has 4 aromatic rings. The zero-order chi connectivity index (χ0) is 23.2. The van der Waals surface area contributed by atoms with Gasteiger partial charge < -0.3 is 9.84 Å². The smallest absolute Gasteiger partial charge is 0.337 e. The third-order valence-corrected chi connectivity index (χ3v) is 6.88. The Labute approximate surface area is 191 Å². The fourth-order valence-corrected chi connectivity index (χ4v) is 5.58. The molecule has 0 radical (unpaired) electrons. The van der Waals surface area contributed by atoms with Gasteiger partial charge in [-0.2, -0.15) is 5.10 Å². The monoisotopic (exact) mass is 451 g/mol. The third-order valence-electron chi connectivity index (χ3n) is 5.61. The van der Waals surface area contributed by atoms with Crippen LogP contribution in [0.4, 0.5) is 0 Å². The predicted molar refractivity (Wildman–Crippen MR) is 129 cm³/mol. The van der Waals surface area contributed by atoms with Crippen LogP contribution in [0.5, 0.6) is 0 Å². The first-order valence-electron chi connectivity index (χ1n) is 10.9. The molecule has 0 amide bonds. The van der Waals surface area contributed by atoms with Gasteiger partial charge >= 0.3 is 5.97 Å². The highest BCUT2D eigenvalue weighted by Gasteiger charge is 2.33. The Balaban J connectivity index is 2.14. The molecule has 7 heteroatoms. The Morgan fingerprint density at radius 2 is 2.00 bits per heavy atom. The number of aryl methyl sites for hydroxylation is 3. The van der Waals surface area contributed by atoms with Gasteiger partial charge in [-0.15, -0.1) is 11.3 Å². The van der Waals surface area contributed by atoms with Gasteiger partial charge in [0.2, 0.25) is 0 Å². The highest BCUT2D eigenvalue weighted by molar-refractivity contribution is 7.19. The Hall–Kier alpha value is -2.77. The van der Waals surface area contributed by atoms with Crippen LogP contribution in [0.2, 0.25) is 0 Å². The van der Waals surface area contributed by atoms with Crippen molar-refractivity contribution in [3.63, 3.8) is 0 Å². The summed E-state index contributed by atoms with van der Waals surface area (Å²) in [7, 11) is 0. The normalized spacial score (nSPS) is 13.2. The van der Waals surface area contributed by atoms with Gasteiger partial charge in [0.15, 0.2) is 6.10 Å². The second-order valence-corrected chi connectivity index (χ2v) is 10.1. The molecule has 6 nitrogen and oxygen atoms in total. The zero-order valence-corrected chi connectivity index (χ0v) is 20.2. The van der Waals surface area contributed by atoms with Gasteiger partial charge in [0, 0.05) is 32.5 Å². The number of benzene rings is 1. The van der Waals surface area contributed by atoms with E-state index < -0.39 is 17.7 Å². The Kier molecular flexibility index (Phi) is 5.81. The molecule has 0 bridgehead atoms. The van der Waals surface area contributed by atoms with E-state index in [0.717, 1.165) is 45.1 Å². The first kappa shape index (κ1) is 22.4. The number of thiophene rings is 1. The summed E-state index contributed by atoms with van der Waals surface area (Å²) in [6.07, 6.45) is 2.43. The third kappa shape index (κ3) is 3.91. The number of hydrogen-bond acceptors (Lipinski definition) is 5. The van der Waals surface area contributed by atoms with E-state index >= 15 is 0 Å². The van der Waals surface area contributed by atoms with Crippen LogP contribution in [-0.4, -0.2) is 31.9 Å². The maximum absolute atomic E-state index is 12.5. The maximum Gasteiger partial charge on any atom is 0.337 e. The molecule has 2 N–H and O–H groups in total. The fraction of sp³-hybridized carbons (Fsp3) is 0.400. The van der Waals surface area contributed by atoms with E-state index in [4.69, 9.17) is 9.72 Å². The number of aromatic amines is 1. The van der Waals surface area contributed by atoms with Gasteiger partial charge in [-0.1, -0.05) is 19.9 Å². The maximum atomic E-state index is 12.5. The molecular formula is C25H29N3O3S. The number of carboxylic acids is 1. The number of nitrogens with zero attached hydrogens (tertiary/aromatic N) is 2. The standard InChI is InChI=1S/C25H29N3O3S/c1-7-16-18(8-2)32-23-21(16)20(14-9-10-17-15(11-14)12-26-28-17)19(13(3)27-23)22(24(29)30)31-25(4,5)6/h9-12,22H,7-8H2,1-6H3,(H,26,28)(H,29,30). The number of rotatable bonds is 6. The SMILES string of the molecule is CCc1sc2nc(C)c(C(OC(C)(C)C)C(=O)O)c(-c3ccc4[nH]ncc4c3)c2c1CC. The average Bonchev–Trinajstić information content (AvgIpc) is 3.33. The summed E-state index contributed by atoms with van der Waals surface area (Å²) in [4.78, 5) is 19.6. The van der Waals surface area contributed by atoms with Crippen molar-refractivity contribution >= 4 is 38.4 Å². The summed E-state index contributed by atoms with van der Waals surface area (Å²) in [6.45, 7) is 11.8. The lowest BCUT2D eigenvalue weighted by atomic mass is 9.89. The molecule has 0 aliphatic carbocycles. The van der Waals surface area contributed by atoms with Gasteiger partial charge in [-0.25, -0.2) is 9.78 Å². The molecule has 0 aliphatic heterocycles. The van der Waals surface area contributed by atoms with Crippen LogP contribution >= 0.6 is 11.3 Å². The van der Waals surface area contributed by atoms with Crippen LogP contribution in [0, 0.1) is 6.92 Å². The number of nitrogens with one attached hydrogen (secondary N) is 1.